The van der Waals surface area contributed by atoms with Gasteiger partial charge in [-0.2, -0.15) is 0 Å². The lowest BCUT2D eigenvalue weighted by Crippen LogP contribution is -2.34. The van der Waals surface area contributed by atoms with Gasteiger partial charge < -0.3 is 4.90 Å². The number of rotatable bonds is 6. The molecule has 18 heavy (non-hydrogen) atoms. The third-order valence-electron chi connectivity index (χ3n) is 2.89. The van der Waals surface area contributed by atoms with Crippen molar-refractivity contribution in [1.82, 2.24) is 4.90 Å². The summed E-state index contributed by atoms with van der Waals surface area (Å²) >= 11 is 0. The molecule has 0 aliphatic rings. The minimum Gasteiger partial charge on any atom is -0.343 e. The third kappa shape index (κ3) is 4.47. The predicted octanol–water partition coefficient (Wildman–Crippen LogP) is 3.26. The minimum atomic E-state index is -0.225. The molecule has 0 atom stereocenters. The molecule has 0 radical (unpaired) electrons. The molecule has 0 unspecified atom stereocenters. The fraction of sp³-hybridized carbons (Fsp3) is 0.533. The molecule has 0 bridgehead atoms. The van der Waals surface area contributed by atoms with Gasteiger partial charge in [0.2, 0.25) is 5.91 Å². The molecule has 0 spiro atoms. The monoisotopic (exact) mass is 251 g/mol. The van der Waals surface area contributed by atoms with Crippen LogP contribution in [-0.4, -0.2) is 23.9 Å². The zero-order valence-corrected chi connectivity index (χ0v) is 11.4. The van der Waals surface area contributed by atoms with Crippen molar-refractivity contribution in [3.63, 3.8) is 0 Å². The summed E-state index contributed by atoms with van der Waals surface area (Å²) in [4.78, 5) is 13.8. The quantitative estimate of drug-likeness (QED) is 0.760. The SMILES string of the molecule is CCN(CC(C)C)C(=O)CCc1ccccc1F. The van der Waals surface area contributed by atoms with Gasteiger partial charge in [0.15, 0.2) is 0 Å². The smallest absolute Gasteiger partial charge is 0.222 e. The van der Waals surface area contributed by atoms with E-state index in [1.165, 1.54) is 6.07 Å². The van der Waals surface area contributed by atoms with Crippen molar-refractivity contribution in [3.05, 3.63) is 35.6 Å². The number of hydrogen-bond acceptors (Lipinski definition) is 1. The molecule has 1 amide bonds. The van der Waals surface area contributed by atoms with E-state index in [4.69, 9.17) is 0 Å². The van der Waals surface area contributed by atoms with E-state index in [1.807, 2.05) is 11.8 Å². The van der Waals surface area contributed by atoms with Gasteiger partial charge in [0.25, 0.3) is 0 Å². The maximum atomic E-state index is 13.4. The largest absolute Gasteiger partial charge is 0.343 e. The minimum absolute atomic E-state index is 0.106. The summed E-state index contributed by atoms with van der Waals surface area (Å²) in [5.74, 6) is 0.342. The number of amides is 1. The van der Waals surface area contributed by atoms with Crippen molar-refractivity contribution in [3.8, 4) is 0 Å². The molecule has 0 aliphatic heterocycles. The van der Waals surface area contributed by atoms with Crippen molar-refractivity contribution < 1.29 is 9.18 Å². The number of carbonyl (C=O) groups is 1. The van der Waals surface area contributed by atoms with Gasteiger partial charge in [0, 0.05) is 19.5 Å². The van der Waals surface area contributed by atoms with Gasteiger partial charge >= 0.3 is 0 Å². The van der Waals surface area contributed by atoms with Crippen LogP contribution in [0.25, 0.3) is 0 Å². The molecule has 0 fully saturated rings. The van der Waals surface area contributed by atoms with E-state index in [1.54, 1.807) is 18.2 Å². The molecule has 2 nitrogen and oxygen atoms in total. The highest BCUT2D eigenvalue weighted by Crippen LogP contribution is 2.10. The van der Waals surface area contributed by atoms with Gasteiger partial charge in [-0.1, -0.05) is 32.0 Å². The predicted molar refractivity (Wildman–Crippen MR) is 71.8 cm³/mol. The van der Waals surface area contributed by atoms with Gasteiger partial charge in [0.1, 0.15) is 5.82 Å². The van der Waals surface area contributed by atoms with Crippen LogP contribution in [-0.2, 0) is 11.2 Å². The highest BCUT2D eigenvalue weighted by atomic mass is 19.1. The van der Waals surface area contributed by atoms with Gasteiger partial charge in [0.05, 0.1) is 0 Å². The molecule has 100 valence electrons. The average Bonchev–Trinajstić information content (AvgIpc) is 2.34. The van der Waals surface area contributed by atoms with E-state index < -0.39 is 0 Å². The van der Waals surface area contributed by atoms with E-state index in [-0.39, 0.29) is 11.7 Å². The number of nitrogens with zero attached hydrogens (tertiary/aromatic N) is 1. The molecule has 0 aromatic heterocycles. The van der Waals surface area contributed by atoms with Gasteiger partial charge in [-0.15, -0.1) is 0 Å². The normalized spacial score (nSPS) is 10.7. The summed E-state index contributed by atoms with van der Waals surface area (Å²) in [6.45, 7) is 7.64. The van der Waals surface area contributed by atoms with Crippen molar-refractivity contribution >= 4 is 5.91 Å². The van der Waals surface area contributed by atoms with E-state index in [0.29, 0.717) is 30.9 Å². The van der Waals surface area contributed by atoms with Crippen molar-refractivity contribution in [2.24, 2.45) is 5.92 Å². The summed E-state index contributed by atoms with van der Waals surface area (Å²) in [5, 5.41) is 0. The first-order valence-corrected chi connectivity index (χ1v) is 6.55. The van der Waals surface area contributed by atoms with Crippen LogP contribution in [0.4, 0.5) is 4.39 Å². The first-order valence-electron chi connectivity index (χ1n) is 6.55. The lowest BCUT2D eigenvalue weighted by atomic mass is 10.1. The molecular formula is C15H22FNO. The van der Waals surface area contributed by atoms with Crippen LogP contribution in [0.1, 0.15) is 32.8 Å². The number of hydrogen-bond donors (Lipinski definition) is 0. The maximum Gasteiger partial charge on any atom is 0.222 e. The number of halogens is 1. The standard InChI is InChI=1S/C15H22FNO/c1-4-17(11-12(2)3)15(18)10-9-13-7-5-6-8-14(13)16/h5-8,12H,4,9-11H2,1-3H3. The fourth-order valence-corrected chi connectivity index (χ4v) is 1.95. The summed E-state index contributed by atoms with van der Waals surface area (Å²) in [6, 6.07) is 6.64. The van der Waals surface area contributed by atoms with Gasteiger partial charge in [-0.25, -0.2) is 4.39 Å². The molecule has 0 saturated carbocycles. The summed E-state index contributed by atoms with van der Waals surface area (Å²) in [6.07, 6.45) is 0.849. The molecule has 1 aromatic rings. The molecule has 1 rings (SSSR count). The Kier molecular flexibility index (Phi) is 5.83. The van der Waals surface area contributed by atoms with Crippen LogP contribution >= 0.6 is 0 Å². The fourth-order valence-electron chi connectivity index (χ4n) is 1.95. The van der Waals surface area contributed by atoms with Crippen LogP contribution < -0.4 is 0 Å². The average molecular weight is 251 g/mol. The van der Waals surface area contributed by atoms with Crippen LogP contribution in [0.15, 0.2) is 24.3 Å². The molecule has 1 aromatic carbocycles. The number of carbonyl (C=O) groups excluding carboxylic acids is 1. The zero-order valence-electron chi connectivity index (χ0n) is 11.4. The Bertz CT molecular complexity index is 390. The third-order valence-corrected chi connectivity index (χ3v) is 2.89. The lowest BCUT2D eigenvalue weighted by molar-refractivity contribution is -0.131. The Hall–Kier alpha value is -1.38. The first-order chi connectivity index (χ1) is 8.54. The molecule has 0 aliphatic carbocycles. The van der Waals surface area contributed by atoms with Crippen LogP contribution in [0.3, 0.4) is 0 Å². The van der Waals surface area contributed by atoms with Gasteiger partial charge in [-0.3, -0.25) is 4.79 Å². The Morgan fingerprint density at radius 1 is 1.33 bits per heavy atom. The Morgan fingerprint density at radius 3 is 2.56 bits per heavy atom. The highest BCUT2D eigenvalue weighted by Gasteiger charge is 2.13. The molecule has 3 heteroatoms. The topological polar surface area (TPSA) is 20.3 Å². The molecule has 0 N–H and O–H groups in total. The van der Waals surface area contributed by atoms with Crippen molar-refractivity contribution in [2.75, 3.05) is 13.1 Å². The summed E-state index contributed by atoms with van der Waals surface area (Å²) < 4.78 is 13.4. The zero-order chi connectivity index (χ0) is 13.5. The summed E-state index contributed by atoms with van der Waals surface area (Å²) in [5.41, 5.74) is 0.617. The van der Waals surface area contributed by atoms with E-state index in [9.17, 15) is 9.18 Å². The summed E-state index contributed by atoms with van der Waals surface area (Å²) in [7, 11) is 0. The van der Waals surface area contributed by atoms with Crippen LogP contribution in [0, 0.1) is 11.7 Å². The second-order valence-electron chi connectivity index (χ2n) is 4.92. The maximum absolute atomic E-state index is 13.4. The van der Waals surface area contributed by atoms with E-state index in [2.05, 4.69) is 13.8 Å². The molecule has 0 saturated heterocycles. The molecule has 0 heterocycles. The Morgan fingerprint density at radius 2 is 2.00 bits per heavy atom. The van der Waals surface area contributed by atoms with Crippen molar-refractivity contribution in [2.45, 2.75) is 33.6 Å². The Labute approximate surface area is 109 Å². The van der Waals surface area contributed by atoms with Crippen LogP contribution in [0.5, 0.6) is 0 Å². The first kappa shape index (κ1) is 14.7. The molecular weight excluding hydrogens is 229 g/mol. The number of aryl methyl sites for hydroxylation is 1. The highest BCUT2D eigenvalue weighted by molar-refractivity contribution is 5.76. The second kappa shape index (κ2) is 7.14. The number of benzene rings is 1. The van der Waals surface area contributed by atoms with E-state index >= 15 is 0 Å². The van der Waals surface area contributed by atoms with Crippen molar-refractivity contribution in [1.29, 1.82) is 0 Å². The van der Waals surface area contributed by atoms with Crippen LogP contribution in [0.2, 0.25) is 0 Å². The van der Waals surface area contributed by atoms with Gasteiger partial charge in [-0.05, 0) is 30.9 Å². The van der Waals surface area contributed by atoms with E-state index in [0.717, 1.165) is 6.54 Å². The second-order valence-corrected chi connectivity index (χ2v) is 4.92. The Balaban J connectivity index is 2.52. The lowest BCUT2D eigenvalue weighted by Gasteiger charge is -2.23.